The fraction of sp³-hybridized carbons (Fsp3) is 0.400. The normalized spacial score (nSPS) is 30.5. The van der Waals surface area contributed by atoms with Crippen LogP contribution in [0, 0.1) is 11.8 Å². The van der Waals surface area contributed by atoms with Crippen molar-refractivity contribution in [2.75, 3.05) is 13.3 Å². The van der Waals surface area contributed by atoms with E-state index in [1.54, 1.807) is 6.26 Å². The molecule has 2 aromatic rings. The molecular weight excluding hydrogens is 362 g/mol. The van der Waals surface area contributed by atoms with Crippen molar-refractivity contribution >= 4 is 11.4 Å². The van der Waals surface area contributed by atoms with Gasteiger partial charge in [-0.3, -0.25) is 9.69 Å². The minimum Gasteiger partial charge on any atom is -0.496 e. The number of benzene rings is 2. The molecule has 1 saturated heterocycles. The van der Waals surface area contributed by atoms with Gasteiger partial charge < -0.3 is 9.47 Å². The number of carbonyl (C=O) groups is 1. The summed E-state index contributed by atoms with van der Waals surface area (Å²) in [7, 11) is 0. The van der Waals surface area contributed by atoms with Crippen LogP contribution in [0.2, 0.25) is 0 Å². The third kappa shape index (κ3) is 3.41. The van der Waals surface area contributed by atoms with E-state index in [-0.39, 0.29) is 35.9 Å². The standard InChI is InChI=1S/C25H27NO3/c1-17(18-8-4-2-5-9-18)26-14-21-23(29-16-26)13-12-20-24(27)22(15-28-25(20)21)19-10-6-3-7-11-19/h2-11,15,17,20-21,23,25H,12-14,16H2,1H3. The van der Waals surface area contributed by atoms with E-state index < -0.39 is 0 Å². The van der Waals surface area contributed by atoms with Gasteiger partial charge in [-0.05, 0) is 30.9 Å². The van der Waals surface area contributed by atoms with Gasteiger partial charge in [0, 0.05) is 18.5 Å². The first-order valence-electron chi connectivity index (χ1n) is 10.6. The third-order valence-electron chi connectivity index (χ3n) is 6.82. The van der Waals surface area contributed by atoms with Gasteiger partial charge in [-0.1, -0.05) is 60.7 Å². The van der Waals surface area contributed by atoms with E-state index in [4.69, 9.17) is 9.47 Å². The van der Waals surface area contributed by atoms with Gasteiger partial charge in [0.25, 0.3) is 0 Å². The van der Waals surface area contributed by atoms with Crippen LogP contribution in [0.15, 0.2) is 66.9 Å². The van der Waals surface area contributed by atoms with Gasteiger partial charge in [-0.2, -0.15) is 0 Å². The topological polar surface area (TPSA) is 38.8 Å². The van der Waals surface area contributed by atoms with Crippen LogP contribution in [0.4, 0.5) is 0 Å². The van der Waals surface area contributed by atoms with Crippen LogP contribution >= 0.6 is 0 Å². The van der Waals surface area contributed by atoms with Gasteiger partial charge in [-0.25, -0.2) is 0 Å². The fourth-order valence-electron chi connectivity index (χ4n) is 5.10. The van der Waals surface area contributed by atoms with Crippen LogP contribution in [0.3, 0.4) is 0 Å². The average Bonchev–Trinajstić information content (AvgIpc) is 2.79. The van der Waals surface area contributed by atoms with Crippen LogP contribution in [0.1, 0.15) is 36.9 Å². The zero-order chi connectivity index (χ0) is 19.8. The predicted molar refractivity (Wildman–Crippen MR) is 112 cm³/mol. The number of fused-ring (bicyclic) bond motifs is 3. The fourth-order valence-corrected chi connectivity index (χ4v) is 5.10. The largest absolute Gasteiger partial charge is 0.496 e. The Balaban J connectivity index is 1.36. The highest BCUT2D eigenvalue weighted by molar-refractivity contribution is 6.22. The Kier molecular flexibility index (Phi) is 4.98. The number of rotatable bonds is 3. The zero-order valence-electron chi connectivity index (χ0n) is 16.7. The summed E-state index contributed by atoms with van der Waals surface area (Å²) in [5, 5.41) is 0. The second-order valence-corrected chi connectivity index (χ2v) is 8.40. The van der Waals surface area contributed by atoms with Crippen molar-refractivity contribution in [3.8, 4) is 0 Å². The maximum absolute atomic E-state index is 13.3. The number of nitrogens with zero attached hydrogens (tertiary/aromatic N) is 1. The Bertz CT molecular complexity index is 895. The van der Waals surface area contributed by atoms with E-state index in [1.165, 1.54) is 5.56 Å². The van der Waals surface area contributed by atoms with Crippen LogP contribution < -0.4 is 0 Å². The maximum atomic E-state index is 13.3. The first-order chi connectivity index (χ1) is 14.2. The maximum Gasteiger partial charge on any atom is 0.173 e. The minimum atomic E-state index is -0.0977. The monoisotopic (exact) mass is 389 g/mol. The molecule has 2 aliphatic heterocycles. The molecule has 4 nitrogen and oxygen atoms in total. The van der Waals surface area contributed by atoms with E-state index in [2.05, 4.69) is 36.1 Å². The van der Waals surface area contributed by atoms with Crippen LogP contribution in [0.5, 0.6) is 0 Å². The van der Waals surface area contributed by atoms with E-state index in [1.807, 2.05) is 36.4 Å². The number of hydrogen-bond acceptors (Lipinski definition) is 4. The minimum absolute atomic E-state index is 0.0768. The van der Waals surface area contributed by atoms with E-state index in [9.17, 15) is 4.79 Å². The molecule has 3 aliphatic rings. The smallest absolute Gasteiger partial charge is 0.173 e. The number of carbonyl (C=O) groups excluding carboxylic acids is 1. The Morgan fingerprint density at radius 3 is 2.48 bits per heavy atom. The zero-order valence-corrected chi connectivity index (χ0v) is 16.7. The summed E-state index contributed by atoms with van der Waals surface area (Å²) in [6.45, 7) is 3.75. The summed E-state index contributed by atoms with van der Waals surface area (Å²) in [4.78, 5) is 15.6. The lowest BCUT2D eigenvalue weighted by Crippen LogP contribution is -2.56. The molecule has 2 heterocycles. The first-order valence-corrected chi connectivity index (χ1v) is 10.6. The molecule has 1 aliphatic carbocycles. The van der Waals surface area contributed by atoms with Gasteiger partial charge in [0.1, 0.15) is 6.10 Å². The molecule has 29 heavy (non-hydrogen) atoms. The summed E-state index contributed by atoms with van der Waals surface area (Å²) in [5.41, 5.74) is 2.93. The molecule has 0 amide bonds. The van der Waals surface area contributed by atoms with E-state index >= 15 is 0 Å². The molecule has 0 bridgehead atoms. The lowest BCUT2D eigenvalue weighted by molar-refractivity contribution is -0.176. The molecule has 2 fully saturated rings. The number of Topliss-reactive ketones (excluding diaryl/α,β-unsaturated/α-hetero) is 1. The second-order valence-electron chi connectivity index (χ2n) is 8.40. The summed E-state index contributed by atoms with van der Waals surface area (Å²) >= 11 is 0. The molecule has 0 radical (unpaired) electrons. The molecule has 2 aromatic carbocycles. The van der Waals surface area contributed by atoms with Crippen molar-refractivity contribution < 1.29 is 14.3 Å². The Morgan fingerprint density at radius 2 is 1.72 bits per heavy atom. The Hall–Kier alpha value is -2.43. The summed E-state index contributed by atoms with van der Waals surface area (Å²) in [6.07, 6.45) is 3.54. The molecule has 1 saturated carbocycles. The lowest BCUT2D eigenvalue weighted by atomic mass is 9.71. The number of ether oxygens (including phenoxy) is 2. The van der Waals surface area contributed by atoms with Crippen LogP contribution in [0.25, 0.3) is 5.57 Å². The van der Waals surface area contributed by atoms with Crippen LogP contribution in [-0.4, -0.2) is 36.2 Å². The highest BCUT2D eigenvalue weighted by Gasteiger charge is 2.49. The summed E-state index contributed by atoms with van der Waals surface area (Å²) in [5.74, 6) is 0.359. The van der Waals surface area contributed by atoms with Gasteiger partial charge >= 0.3 is 0 Å². The van der Waals surface area contributed by atoms with Crippen molar-refractivity contribution in [3.05, 3.63) is 78.1 Å². The number of allylic oxidation sites excluding steroid dienone is 1. The highest BCUT2D eigenvalue weighted by Crippen LogP contribution is 2.42. The molecular formula is C25H27NO3. The highest BCUT2D eigenvalue weighted by atomic mass is 16.5. The van der Waals surface area contributed by atoms with Crippen molar-refractivity contribution in [2.45, 2.75) is 38.0 Å². The SMILES string of the molecule is CC(c1ccccc1)N1COC2CCC3C(=O)C(c4ccccc4)=COC3C2C1. The number of hydrogen-bond donors (Lipinski definition) is 0. The van der Waals surface area contributed by atoms with Crippen LogP contribution in [-0.2, 0) is 14.3 Å². The Morgan fingerprint density at radius 1 is 1.00 bits per heavy atom. The number of ketones is 1. The van der Waals surface area contributed by atoms with E-state index in [0.717, 1.165) is 24.9 Å². The molecule has 150 valence electrons. The molecule has 4 heteroatoms. The molecule has 5 atom stereocenters. The van der Waals surface area contributed by atoms with Gasteiger partial charge in [0.2, 0.25) is 0 Å². The average molecular weight is 389 g/mol. The van der Waals surface area contributed by atoms with Crippen molar-refractivity contribution in [1.82, 2.24) is 4.90 Å². The molecule has 0 aromatic heterocycles. The van der Waals surface area contributed by atoms with Crippen molar-refractivity contribution in [2.24, 2.45) is 11.8 Å². The predicted octanol–water partition coefficient (Wildman–Crippen LogP) is 4.44. The van der Waals surface area contributed by atoms with Crippen molar-refractivity contribution in [1.29, 1.82) is 0 Å². The first kappa shape index (κ1) is 18.6. The third-order valence-corrected chi connectivity index (χ3v) is 6.82. The van der Waals surface area contributed by atoms with Crippen molar-refractivity contribution in [3.63, 3.8) is 0 Å². The van der Waals surface area contributed by atoms with Gasteiger partial charge in [-0.15, -0.1) is 0 Å². The van der Waals surface area contributed by atoms with Gasteiger partial charge in [0.15, 0.2) is 5.78 Å². The molecule has 5 unspecified atom stereocenters. The summed E-state index contributed by atoms with van der Waals surface area (Å²) in [6, 6.07) is 20.6. The van der Waals surface area contributed by atoms with E-state index in [0.29, 0.717) is 12.3 Å². The quantitative estimate of drug-likeness (QED) is 0.778. The Labute approximate surface area is 172 Å². The summed E-state index contributed by atoms with van der Waals surface area (Å²) < 4.78 is 12.5. The molecule has 0 N–H and O–H groups in total. The van der Waals surface area contributed by atoms with Gasteiger partial charge in [0.05, 0.1) is 30.6 Å². The lowest BCUT2D eigenvalue weighted by Gasteiger charge is -2.49. The molecule has 5 rings (SSSR count). The molecule has 0 spiro atoms. The second kappa shape index (κ2) is 7.77.